The molecule has 0 radical (unpaired) electrons. The molecule has 2 N–H and O–H groups in total. The molecule has 0 heterocycles. The van der Waals surface area contributed by atoms with E-state index in [4.69, 9.17) is 4.74 Å². The number of hydrogen-bond acceptors (Lipinski definition) is 4. The second-order valence-electron chi connectivity index (χ2n) is 5.87. The Labute approximate surface area is 131 Å². The van der Waals surface area contributed by atoms with Crippen LogP contribution in [0.25, 0.3) is 0 Å². The summed E-state index contributed by atoms with van der Waals surface area (Å²) < 4.78 is 32.5. The molecule has 2 rings (SSSR count). The van der Waals surface area contributed by atoms with Gasteiger partial charge in [0.2, 0.25) is 10.0 Å². The van der Waals surface area contributed by atoms with Crippen molar-refractivity contribution >= 4 is 15.9 Å². The van der Waals surface area contributed by atoms with Crippen molar-refractivity contribution in [3.8, 4) is 5.75 Å². The van der Waals surface area contributed by atoms with E-state index in [1.807, 2.05) is 13.8 Å². The first kappa shape index (κ1) is 16.8. The Kier molecular flexibility index (Phi) is 5.08. The molecule has 0 saturated heterocycles. The molecule has 1 aliphatic rings. The molecule has 0 atom stereocenters. The van der Waals surface area contributed by atoms with Crippen LogP contribution in [0.2, 0.25) is 0 Å². The Morgan fingerprint density at radius 3 is 2.59 bits per heavy atom. The quantitative estimate of drug-likeness (QED) is 0.796. The van der Waals surface area contributed by atoms with E-state index in [-0.39, 0.29) is 22.6 Å². The van der Waals surface area contributed by atoms with Crippen LogP contribution in [0.1, 0.15) is 37.0 Å². The van der Waals surface area contributed by atoms with Crippen LogP contribution in [0.5, 0.6) is 5.75 Å². The number of rotatable bonds is 7. The van der Waals surface area contributed by atoms with Crippen LogP contribution in [-0.2, 0) is 10.0 Å². The lowest BCUT2D eigenvalue weighted by atomic mass is 10.2. The molecular formula is C15H22N2O4S. The molecule has 0 aliphatic heterocycles. The van der Waals surface area contributed by atoms with Crippen molar-refractivity contribution in [1.29, 1.82) is 0 Å². The first-order valence-electron chi connectivity index (χ1n) is 7.32. The highest BCUT2D eigenvalue weighted by molar-refractivity contribution is 7.89. The van der Waals surface area contributed by atoms with Gasteiger partial charge in [0, 0.05) is 18.2 Å². The minimum absolute atomic E-state index is 0.000836. The summed E-state index contributed by atoms with van der Waals surface area (Å²) in [5.74, 6) is 0.259. The van der Waals surface area contributed by atoms with Crippen molar-refractivity contribution in [2.45, 2.75) is 37.6 Å². The Balaban J connectivity index is 2.27. The highest BCUT2D eigenvalue weighted by Crippen LogP contribution is 2.28. The highest BCUT2D eigenvalue weighted by atomic mass is 32.2. The maximum absolute atomic E-state index is 12.4. The average molecular weight is 326 g/mol. The van der Waals surface area contributed by atoms with Gasteiger partial charge in [-0.2, -0.15) is 0 Å². The fourth-order valence-corrected chi connectivity index (χ4v) is 3.41. The van der Waals surface area contributed by atoms with E-state index < -0.39 is 10.0 Å². The first-order valence-corrected chi connectivity index (χ1v) is 8.80. The van der Waals surface area contributed by atoms with Gasteiger partial charge >= 0.3 is 0 Å². The standard InChI is InChI=1S/C15H22N2O4S/c1-10(2)9-16-15(18)11-4-7-13(21-3)14(8-11)22(19,20)17-12-5-6-12/h4,7-8,10,12,17H,5-6,9H2,1-3H3,(H,16,18). The smallest absolute Gasteiger partial charge is 0.251 e. The molecule has 6 nitrogen and oxygen atoms in total. The van der Waals surface area contributed by atoms with Crippen molar-refractivity contribution in [2.24, 2.45) is 5.92 Å². The largest absolute Gasteiger partial charge is 0.495 e. The molecule has 1 amide bonds. The molecule has 1 fully saturated rings. The lowest BCUT2D eigenvalue weighted by Gasteiger charge is -2.13. The summed E-state index contributed by atoms with van der Waals surface area (Å²) in [5, 5.41) is 2.77. The number of ether oxygens (including phenoxy) is 1. The van der Waals surface area contributed by atoms with Crippen molar-refractivity contribution in [2.75, 3.05) is 13.7 Å². The number of carbonyl (C=O) groups is 1. The van der Waals surface area contributed by atoms with Crippen LogP contribution in [0, 0.1) is 5.92 Å². The summed E-state index contributed by atoms with van der Waals surface area (Å²) in [6.45, 7) is 4.51. The third-order valence-electron chi connectivity index (χ3n) is 3.29. The minimum atomic E-state index is -3.68. The highest BCUT2D eigenvalue weighted by Gasteiger charge is 2.30. The van der Waals surface area contributed by atoms with Crippen molar-refractivity contribution in [1.82, 2.24) is 10.0 Å². The third-order valence-corrected chi connectivity index (χ3v) is 4.83. The summed E-state index contributed by atoms with van der Waals surface area (Å²) in [4.78, 5) is 12.1. The molecule has 0 spiro atoms. The summed E-state index contributed by atoms with van der Waals surface area (Å²) in [6, 6.07) is 4.42. The zero-order valence-corrected chi connectivity index (χ0v) is 13.9. The lowest BCUT2D eigenvalue weighted by Crippen LogP contribution is -2.29. The Morgan fingerprint density at radius 1 is 1.36 bits per heavy atom. The predicted octanol–water partition coefficient (Wildman–Crippen LogP) is 1.52. The van der Waals surface area contributed by atoms with Gasteiger partial charge in [0.15, 0.2) is 0 Å². The van der Waals surface area contributed by atoms with Crippen molar-refractivity contribution < 1.29 is 17.9 Å². The van der Waals surface area contributed by atoms with Crippen LogP contribution < -0.4 is 14.8 Å². The van der Waals surface area contributed by atoms with Gasteiger partial charge in [-0.25, -0.2) is 13.1 Å². The molecule has 22 heavy (non-hydrogen) atoms. The maximum atomic E-state index is 12.4. The second-order valence-corrected chi connectivity index (χ2v) is 7.55. The van der Waals surface area contributed by atoms with Crippen LogP contribution >= 0.6 is 0 Å². The first-order chi connectivity index (χ1) is 10.3. The van der Waals surface area contributed by atoms with Gasteiger partial charge in [-0.3, -0.25) is 4.79 Å². The van der Waals surface area contributed by atoms with E-state index in [1.165, 1.54) is 19.2 Å². The molecule has 1 saturated carbocycles. The number of carbonyl (C=O) groups excluding carboxylic acids is 1. The van der Waals surface area contributed by atoms with Gasteiger partial charge in [0.1, 0.15) is 10.6 Å². The van der Waals surface area contributed by atoms with E-state index in [2.05, 4.69) is 10.0 Å². The minimum Gasteiger partial charge on any atom is -0.495 e. The fraction of sp³-hybridized carbons (Fsp3) is 0.533. The fourth-order valence-electron chi connectivity index (χ4n) is 1.91. The molecular weight excluding hydrogens is 304 g/mol. The summed E-state index contributed by atoms with van der Waals surface area (Å²) in [7, 11) is -2.28. The number of amides is 1. The second kappa shape index (κ2) is 6.66. The zero-order chi connectivity index (χ0) is 16.3. The van der Waals surface area contributed by atoms with Crippen molar-refractivity contribution in [3.05, 3.63) is 23.8 Å². The number of nitrogens with one attached hydrogen (secondary N) is 2. The molecule has 0 bridgehead atoms. The van der Waals surface area contributed by atoms with Gasteiger partial charge in [-0.1, -0.05) is 13.8 Å². The van der Waals surface area contributed by atoms with E-state index in [0.29, 0.717) is 18.0 Å². The predicted molar refractivity (Wildman–Crippen MR) is 83.5 cm³/mol. The molecule has 0 unspecified atom stereocenters. The van der Waals surface area contributed by atoms with E-state index in [9.17, 15) is 13.2 Å². The van der Waals surface area contributed by atoms with Gasteiger partial charge in [0.05, 0.1) is 7.11 Å². The summed E-state index contributed by atoms with van der Waals surface area (Å²) in [6.07, 6.45) is 1.69. The van der Waals surface area contributed by atoms with Crippen LogP contribution in [0.15, 0.2) is 23.1 Å². The number of methoxy groups -OCH3 is 1. The summed E-state index contributed by atoms with van der Waals surface area (Å²) in [5.41, 5.74) is 0.303. The van der Waals surface area contributed by atoms with Gasteiger partial charge < -0.3 is 10.1 Å². The third kappa shape index (κ3) is 4.20. The SMILES string of the molecule is COc1ccc(C(=O)NCC(C)C)cc1S(=O)(=O)NC1CC1. The van der Waals surface area contributed by atoms with Crippen molar-refractivity contribution in [3.63, 3.8) is 0 Å². The molecule has 7 heteroatoms. The normalized spacial score (nSPS) is 14.9. The molecule has 1 aromatic rings. The Bertz CT molecular complexity index is 652. The van der Waals surface area contributed by atoms with E-state index in [0.717, 1.165) is 12.8 Å². The van der Waals surface area contributed by atoms with Crippen LogP contribution in [0.3, 0.4) is 0 Å². The Hall–Kier alpha value is -1.60. The molecule has 1 aliphatic carbocycles. The van der Waals surface area contributed by atoms with Gasteiger partial charge in [-0.15, -0.1) is 0 Å². The van der Waals surface area contributed by atoms with Crippen LogP contribution in [-0.4, -0.2) is 34.0 Å². The number of benzene rings is 1. The molecule has 1 aromatic carbocycles. The maximum Gasteiger partial charge on any atom is 0.251 e. The number of sulfonamides is 1. The topological polar surface area (TPSA) is 84.5 Å². The van der Waals surface area contributed by atoms with Crippen LogP contribution in [0.4, 0.5) is 0 Å². The van der Waals surface area contributed by atoms with E-state index >= 15 is 0 Å². The average Bonchev–Trinajstić information content (AvgIpc) is 3.27. The Morgan fingerprint density at radius 2 is 2.05 bits per heavy atom. The zero-order valence-electron chi connectivity index (χ0n) is 13.0. The summed E-state index contributed by atoms with van der Waals surface area (Å²) >= 11 is 0. The van der Waals surface area contributed by atoms with Gasteiger partial charge in [-0.05, 0) is 37.0 Å². The van der Waals surface area contributed by atoms with Gasteiger partial charge in [0.25, 0.3) is 5.91 Å². The monoisotopic (exact) mass is 326 g/mol. The van der Waals surface area contributed by atoms with E-state index in [1.54, 1.807) is 6.07 Å². The molecule has 122 valence electrons. The lowest BCUT2D eigenvalue weighted by molar-refractivity contribution is 0.0948. The number of hydrogen-bond donors (Lipinski definition) is 2. The molecule has 0 aromatic heterocycles.